The Morgan fingerprint density at radius 2 is 1.53 bits per heavy atom. The normalized spacial score (nSPS) is 43.3. The minimum atomic E-state index is -0.607. The van der Waals surface area contributed by atoms with Crippen molar-refractivity contribution < 1.29 is 9.90 Å². The fourth-order valence-corrected chi connectivity index (χ4v) is 4.88. The summed E-state index contributed by atoms with van der Waals surface area (Å²) >= 11 is 0. The summed E-state index contributed by atoms with van der Waals surface area (Å²) in [4.78, 5) is 13.7. The van der Waals surface area contributed by atoms with Gasteiger partial charge in [-0.25, -0.2) is 0 Å². The van der Waals surface area contributed by atoms with Crippen LogP contribution in [-0.2, 0) is 4.79 Å². The molecule has 0 aromatic heterocycles. The van der Waals surface area contributed by atoms with Gasteiger partial charge in [-0.1, -0.05) is 6.92 Å². The number of hydrogen-bond acceptors (Lipinski definition) is 2. The SMILES string of the molecule is CC1CCC(N2C3CCC2CC(CC(=O)O)C3)CC1. The van der Waals surface area contributed by atoms with Gasteiger partial charge in [0.1, 0.15) is 0 Å². The van der Waals surface area contributed by atoms with Gasteiger partial charge < -0.3 is 5.11 Å². The lowest BCUT2D eigenvalue weighted by molar-refractivity contribution is -0.138. The smallest absolute Gasteiger partial charge is 0.303 e. The number of piperidine rings is 1. The minimum absolute atomic E-state index is 0.391. The molecule has 2 atom stereocenters. The molecule has 3 aliphatic rings. The van der Waals surface area contributed by atoms with Crippen LogP contribution in [0, 0.1) is 11.8 Å². The quantitative estimate of drug-likeness (QED) is 0.851. The highest BCUT2D eigenvalue weighted by atomic mass is 16.4. The highest BCUT2D eigenvalue weighted by molar-refractivity contribution is 5.67. The standard InChI is InChI=1S/C16H27NO2/c1-11-2-4-13(5-3-11)17-14-6-7-15(17)9-12(8-14)10-16(18)19/h11-15H,2-10H2,1H3,(H,18,19). The molecule has 0 spiro atoms. The lowest BCUT2D eigenvalue weighted by Gasteiger charge is -2.45. The van der Waals surface area contributed by atoms with E-state index < -0.39 is 5.97 Å². The fourth-order valence-electron chi connectivity index (χ4n) is 4.88. The number of carbonyl (C=O) groups is 1. The van der Waals surface area contributed by atoms with E-state index in [1.807, 2.05) is 0 Å². The lowest BCUT2D eigenvalue weighted by atomic mass is 9.82. The predicted octanol–water partition coefficient (Wildman–Crippen LogP) is 3.28. The topological polar surface area (TPSA) is 40.5 Å². The Morgan fingerprint density at radius 3 is 2.05 bits per heavy atom. The van der Waals surface area contributed by atoms with E-state index in [-0.39, 0.29) is 0 Å². The largest absolute Gasteiger partial charge is 0.481 e. The maximum Gasteiger partial charge on any atom is 0.303 e. The van der Waals surface area contributed by atoms with Gasteiger partial charge in [0.05, 0.1) is 0 Å². The molecule has 0 amide bonds. The molecule has 2 bridgehead atoms. The van der Waals surface area contributed by atoms with Crippen molar-refractivity contribution >= 4 is 5.97 Å². The van der Waals surface area contributed by atoms with Crippen LogP contribution in [0.1, 0.15) is 64.7 Å². The number of aliphatic carboxylic acids is 1. The summed E-state index contributed by atoms with van der Waals surface area (Å²) in [6.07, 6.45) is 10.8. The molecule has 0 aromatic carbocycles. The molecule has 0 aromatic rings. The van der Waals surface area contributed by atoms with Crippen molar-refractivity contribution in [2.75, 3.05) is 0 Å². The average Bonchev–Trinajstić information content (AvgIpc) is 2.62. The first-order valence-corrected chi connectivity index (χ1v) is 8.12. The summed E-state index contributed by atoms with van der Waals surface area (Å²) in [6.45, 7) is 2.38. The molecule has 2 heterocycles. The summed E-state index contributed by atoms with van der Waals surface area (Å²) in [7, 11) is 0. The van der Waals surface area contributed by atoms with Gasteiger partial charge in [-0.05, 0) is 63.2 Å². The maximum absolute atomic E-state index is 10.9. The van der Waals surface area contributed by atoms with Crippen LogP contribution in [0.4, 0.5) is 0 Å². The summed E-state index contributed by atoms with van der Waals surface area (Å²) in [5.41, 5.74) is 0. The number of carboxylic acid groups (broad SMARTS) is 1. The third kappa shape index (κ3) is 2.81. The molecular weight excluding hydrogens is 238 g/mol. The van der Waals surface area contributed by atoms with E-state index in [4.69, 9.17) is 5.11 Å². The fraction of sp³-hybridized carbons (Fsp3) is 0.938. The molecular formula is C16H27NO2. The molecule has 3 rings (SSSR count). The van der Waals surface area contributed by atoms with Crippen LogP contribution >= 0.6 is 0 Å². The summed E-state index contributed by atoms with van der Waals surface area (Å²) in [6, 6.07) is 2.20. The van der Waals surface area contributed by atoms with E-state index >= 15 is 0 Å². The van der Waals surface area contributed by atoms with Crippen molar-refractivity contribution in [1.29, 1.82) is 0 Å². The number of carboxylic acids is 1. The monoisotopic (exact) mass is 265 g/mol. The lowest BCUT2D eigenvalue weighted by Crippen LogP contribution is -2.50. The van der Waals surface area contributed by atoms with Crippen molar-refractivity contribution in [3.8, 4) is 0 Å². The van der Waals surface area contributed by atoms with Crippen LogP contribution in [-0.4, -0.2) is 34.1 Å². The summed E-state index contributed by atoms with van der Waals surface area (Å²) < 4.78 is 0. The van der Waals surface area contributed by atoms with Crippen LogP contribution in [0.25, 0.3) is 0 Å². The summed E-state index contributed by atoms with van der Waals surface area (Å²) in [5, 5.41) is 8.99. The Hall–Kier alpha value is -0.570. The third-order valence-corrected chi connectivity index (χ3v) is 5.76. The first-order valence-electron chi connectivity index (χ1n) is 8.12. The molecule has 3 fully saturated rings. The van der Waals surface area contributed by atoms with Gasteiger partial charge in [-0.15, -0.1) is 0 Å². The van der Waals surface area contributed by atoms with E-state index in [9.17, 15) is 4.79 Å². The molecule has 1 saturated carbocycles. The van der Waals surface area contributed by atoms with Gasteiger partial charge in [0.2, 0.25) is 0 Å². The highest BCUT2D eigenvalue weighted by Gasteiger charge is 2.44. The van der Waals surface area contributed by atoms with Crippen molar-refractivity contribution in [1.82, 2.24) is 4.90 Å². The van der Waals surface area contributed by atoms with Gasteiger partial charge in [0.25, 0.3) is 0 Å². The first kappa shape index (κ1) is 13.4. The second-order valence-corrected chi connectivity index (χ2v) is 7.18. The Labute approximate surface area is 116 Å². The molecule has 3 nitrogen and oxygen atoms in total. The van der Waals surface area contributed by atoms with Gasteiger partial charge >= 0.3 is 5.97 Å². The maximum atomic E-state index is 10.9. The predicted molar refractivity (Wildman–Crippen MR) is 75.0 cm³/mol. The van der Waals surface area contributed by atoms with Gasteiger partial charge in [0, 0.05) is 24.5 Å². The van der Waals surface area contributed by atoms with E-state index in [2.05, 4.69) is 11.8 Å². The van der Waals surface area contributed by atoms with E-state index in [0.717, 1.165) is 24.8 Å². The van der Waals surface area contributed by atoms with Gasteiger partial charge in [-0.3, -0.25) is 9.69 Å². The molecule has 2 unspecified atom stereocenters. The summed E-state index contributed by atoms with van der Waals surface area (Å²) in [5.74, 6) is 0.747. The van der Waals surface area contributed by atoms with Crippen molar-refractivity contribution in [3.05, 3.63) is 0 Å². The molecule has 1 aliphatic carbocycles. The van der Waals surface area contributed by atoms with Crippen molar-refractivity contribution in [2.24, 2.45) is 11.8 Å². The molecule has 0 radical (unpaired) electrons. The van der Waals surface area contributed by atoms with Crippen LogP contribution < -0.4 is 0 Å². The second-order valence-electron chi connectivity index (χ2n) is 7.18. The Bertz CT molecular complexity index is 322. The molecule has 19 heavy (non-hydrogen) atoms. The third-order valence-electron chi connectivity index (χ3n) is 5.76. The second kappa shape index (κ2) is 5.43. The molecule has 108 valence electrons. The zero-order chi connectivity index (χ0) is 13.4. The van der Waals surface area contributed by atoms with E-state index in [0.29, 0.717) is 24.4 Å². The van der Waals surface area contributed by atoms with E-state index in [1.165, 1.54) is 38.5 Å². The number of fused-ring (bicyclic) bond motifs is 2. The van der Waals surface area contributed by atoms with Crippen LogP contribution in [0.5, 0.6) is 0 Å². The minimum Gasteiger partial charge on any atom is -0.481 e. The number of rotatable bonds is 3. The van der Waals surface area contributed by atoms with Crippen molar-refractivity contribution in [2.45, 2.75) is 82.8 Å². The Morgan fingerprint density at radius 1 is 1.00 bits per heavy atom. The van der Waals surface area contributed by atoms with Gasteiger partial charge in [-0.2, -0.15) is 0 Å². The Kier molecular flexibility index (Phi) is 3.84. The number of nitrogens with zero attached hydrogens (tertiary/aromatic N) is 1. The van der Waals surface area contributed by atoms with E-state index in [1.54, 1.807) is 0 Å². The first-order chi connectivity index (χ1) is 9.13. The zero-order valence-electron chi connectivity index (χ0n) is 12.1. The van der Waals surface area contributed by atoms with Crippen LogP contribution in [0.3, 0.4) is 0 Å². The molecule has 2 aliphatic heterocycles. The molecule has 1 N–H and O–H groups in total. The average molecular weight is 265 g/mol. The van der Waals surface area contributed by atoms with Crippen molar-refractivity contribution in [3.63, 3.8) is 0 Å². The molecule has 3 heteroatoms. The Balaban J connectivity index is 1.61. The molecule has 2 saturated heterocycles. The number of hydrogen-bond donors (Lipinski definition) is 1. The highest BCUT2D eigenvalue weighted by Crippen LogP contribution is 2.43. The van der Waals surface area contributed by atoms with Crippen LogP contribution in [0.2, 0.25) is 0 Å². The van der Waals surface area contributed by atoms with Gasteiger partial charge in [0.15, 0.2) is 0 Å². The van der Waals surface area contributed by atoms with Crippen LogP contribution in [0.15, 0.2) is 0 Å². The zero-order valence-corrected chi connectivity index (χ0v) is 12.1.